The van der Waals surface area contributed by atoms with Crippen molar-refractivity contribution in [3.63, 3.8) is 0 Å². The van der Waals surface area contributed by atoms with Crippen molar-refractivity contribution in [1.29, 1.82) is 0 Å². The molecule has 0 aliphatic carbocycles. The fourth-order valence-electron chi connectivity index (χ4n) is 1.73. The van der Waals surface area contributed by atoms with Gasteiger partial charge in [-0.2, -0.15) is 4.99 Å². The Kier molecular flexibility index (Phi) is 6.26. The third-order valence-corrected chi connectivity index (χ3v) is 2.69. The van der Waals surface area contributed by atoms with Gasteiger partial charge in [0.1, 0.15) is 5.75 Å². The Bertz CT molecular complexity index is 605. The minimum absolute atomic E-state index is 0. The summed E-state index contributed by atoms with van der Waals surface area (Å²) in [6.07, 6.45) is -0.851. The molecule has 23 heavy (non-hydrogen) atoms. The van der Waals surface area contributed by atoms with Crippen LogP contribution in [0, 0.1) is 0 Å². The predicted molar refractivity (Wildman–Crippen MR) is 84.0 cm³/mol. The van der Waals surface area contributed by atoms with Gasteiger partial charge in [-0.1, -0.05) is 12.2 Å². The van der Waals surface area contributed by atoms with Crippen molar-refractivity contribution in [3.05, 3.63) is 36.4 Å². The predicted octanol–water partition coefficient (Wildman–Crippen LogP) is 2.14. The number of halogens is 4. The lowest BCUT2D eigenvalue weighted by atomic mass is 10.3. The van der Waals surface area contributed by atoms with Crippen LogP contribution in [-0.2, 0) is 0 Å². The molecular weight excluding hydrogens is 335 g/mol. The largest absolute Gasteiger partial charge is 0.573 e. The zero-order valence-corrected chi connectivity index (χ0v) is 12.6. The molecule has 1 aliphatic heterocycles. The molecule has 1 heterocycles. The molecule has 0 saturated heterocycles. The second kappa shape index (κ2) is 7.73. The van der Waals surface area contributed by atoms with Gasteiger partial charge in [0, 0.05) is 13.1 Å². The summed E-state index contributed by atoms with van der Waals surface area (Å²) in [5, 5.41) is 0. The molecule has 0 unspecified atom stereocenters. The summed E-state index contributed by atoms with van der Waals surface area (Å²) in [6.45, 7) is 1.29. The minimum atomic E-state index is -4.73. The van der Waals surface area contributed by atoms with E-state index in [-0.39, 0.29) is 30.1 Å². The molecule has 0 aromatic heterocycles. The smallest absolute Gasteiger partial charge is 0.406 e. The van der Waals surface area contributed by atoms with Crippen molar-refractivity contribution in [2.45, 2.75) is 6.36 Å². The number of nitrogens with two attached hydrogens (primary N) is 2. The number of rotatable bonds is 2. The van der Waals surface area contributed by atoms with Gasteiger partial charge in [-0.05, 0) is 24.3 Å². The van der Waals surface area contributed by atoms with E-state index in [1.54, 1.807) is 4.90 Å². The zero-order valence-electron chi connectivity index (χ0n) is 11.8. The number of hydrogen-bond acceptors (Lipinski definition) is 2. The highest BCUT2D eigenvalue weighted by atomic mass is 35.5. The summed E-state index contributed by atoms with van der Waals surface area (Å²) in [4.78, 5) is 9.66. The first-order valence-corrected chi connectivity index (χ1v) is 6.27. The molecule has 0 amide bonds. The number of alkyl halides is 3. The zero-order chi connectivity index (χ0) is 16.2. The minimum Gasteiger partial charge on any atom is -0.406 e. The number of hydrogen-bond donors (Lipinski definition) is 2. The van der Waals surface area contributed by atoms with Gasteiger partial charge in [0.15, 0.2) is 5.96 Å². The van der Waals surface area contributed by atoms with E-state index < -0.39 is 6.36 Å². The van der Waals surface area contributed by atoms with E-state index in [4.69, 9.17) is 11.5 Å². The first-order chi connectivity index (χ1) is 10.3. The molecule has 0 saturated carbocycles. The molecule has 126 valence electrons. The first kappa shape index (κ1) is 18.6. The topological polar surface area (TPSA) is 89.2 Å². The number of ether oxygens (including phenoxy) is 1. The SMILES string of the molecule is Cl.NC(=Nc1ccc(OC(F)(F)F)cc1)N=C(N)N1CC=CC1. The Balaban J connectivity index is 0.00000264. The van der Waals surface area contributed by atoms with Crippen LogP contribution in [0.1, 0.15) is 0 Å². The number of nitrogens with zero attached hydrogens (tertiary/aromatic N) is 3. The summed E-state index contributed by atoms with van der Waals surface area (Å²) in [5.74, 6) is -0.201. The van der Waals surface area contributed by atoms with Crippen molar-refractivity contribution in [1.82, 2.24) is 4.90 Å². The van der Waals surface area contributed by atoms with E-state index in [0.717, 1.165) is 12.1 Å². The molecule has 0 radical (unpaired) electrons. The van der Waals surface area contributed by atoms with Gasteiger partial charge < -0.3 is 21.1 Å². The lowest BCUT2D eigenvalue weighted by Gasteiger charge is -2.15. The average Bonchev–Trinajstić information content (AvgIpc) is 2.93. The van der Waals surface area contributed by atoms with Crippen LogP contribution < -0.4 is 16.2 Å². The third kappa shape index (κ3) is 6.07. The Morgan fingerprint density at radius 2 is 1.65 bits per heavy atom. The van der Waals surface area contributed by atoms with Gasteiger partial charge in [0.25, 0.3) is 0 Å². The lowest BCUT2D eigenvalue weighted by molar-refractivity contribution is -0.274. The van der Waals surface area contributed by atoms with E-state index in [2.05, 4.69) is 14.7 Å². The summed E-state index contributed by atoms with van der Waals surface area (Å²) in [7, 11) is 0. The average molecular weight is 350 g/mol. The highest BCUT2D eigenvalue weighted by Gasteiger charge is 2.30. The van der Waals surface area contributed by atoms with Gasteiger partial charge >= 0.3 is 6.36 Å². The van der Waals surface area contributed by atoms with E-state index in [1.807, 2.05) is 12.2 Å². The number of benzene rings is 1. The van der Waals surface area contributed by atoms with Gasteiger partial charge in [-0.25, -0.2) is 4.99 Å². The molecule has 1 aliphatic rings. The van der Waals surface area contributed by atoms with Crippen molar-refractivity contribution >= 4 is 30.0 Å². The van der Waals surface area contributed by atoms with E-state index in [0.29, 0.717) is 18.8 Å². The molecule has 1 aromatic carbocycles. The van der Waals surface area contributed by atoms with Crippen LogP contribution >= 0.6 is 12.4 Å². The Hall–Kier alpha value is -2.42. The third-order valence-electron chi connectivity index (χ3n) is 2.69. The van der Waals surface area contributed by atoms with Crippen LogP contribution in [0.15, 0.2) is 46.4 Å². The van der Waals surface area contributed by atoms with Gasteiger partial charge in [0.2, 0.25) is 5.96 Å². The Morgan fingerprint density at radius 3 is 2.17 bits per heavy atom. The highest BCUT2D eigenvalue weighted by Crippen LogP contribution is 2.24. The van der Waals surface area contributed by atoms with E-state index >= 15 is 0 Å². The van der Waals surface area contributed by atoms with Crippen LogP contribution in [0.3, 0.4) is 0 Å². The molecular formula is C13H15ClF3N5O. The molecule has 2 rings (SSSR count). The molecule has 10 heteroatoms. The Morgan fingerprint density at radius 1 is 1.09 bits per heavy atom. The van der Waals surface area contributed by atoms with Gasteiger partial charge in [-0.15, -0.1) is 25.6 Å². The van der Waals surface area contributed by atoms with Crippen LogP contribution in [0.4, 0.5) is 18.9 Å². The second-order valence-electron chi connectivity index (χ2n) is 4.36. The first-order valence-electron chi connectivity index (χ1n) is 6.27. The fraction of sp³-hybridized carbons (Fsp3) is 0.231. The van der Waals surface area contributed by atoms with Crippen LogP contribution in [0.5, 0.6) is 5.75 Å². The molecule has 4 N–H and O–H groups in total. The lowest BCUT2D eigenvalue weighted by Crippen LogP contribution is -2.36. The van der Waals surface area contributed by atoms with Crippen molar-refractivity contribution in [2.24, 2.45) is 21.5 Å². The monoisotopic (exact) mass is 349 g/mol. The standard InChI is InChI=1S/C13H14F3N5O.ClH/c14-13(15,16)22-10-5-3-9(4-6-10)19-11(17)20-12(18)21-7-1-2-8-21;/h1-6H,7-8H2,(H4,17,18,19,20);1H. The molecule has 6 nitrogen and oxygen atoms in total. The number of aliphatic imine (C=N–C) groups is 2. The maximum atomic E-state index is 12.0. The van der Waals surface area contributed by atoms with Crippen LogP contribution in [-0.4, -0.2) is 36.3 Å². The second-order valence-corrected chi connectivity index (χ2v) is 4.36. The summed E-state index contributed by atoms with van der Waals surface area (Å²) in [5.41, 5.74) is 11.7. The van der Waals surface area contributed by atoms with Crippen molar-refractivity contribution < 1.29 is 17.9 Å². The van der Waals surface area contributed by atoms with Crippen LogP contribution in [0.25, 0.3) is 0 Å². The highest BCUT2D eigenvalue weighted by molar-refractivity contribution is 5.94. The van der Waals surface area contributed by atoms with Crippen molar-refractivity contribution in [3.8, 4) is 5.75 Å². The maximum absolute atomic E-state index is 12.0. The van der Waals surface area contributed by atoms with Crippen LogP contribution in [0.2, 0.25) is 0 Å². The van der Waals surface area contributed by atoms with E-state index in [9.17, 15) is 13.2 Å². The molecule has 0 atom stereocenters. The molecule has 0 fully saturated rings. The Labute approximate surface area is 136 Å². The summed E-state index contributed by atoms with van der Waals surface area (Å²) < 4.78 is 39.8. The molecule has 0 bridgehead atoms. The normalized spacial score (nSPS) is 15.5. The summed E-state index contributed by atoms with van der Waals surface area (Å²) >= 11 is 0. The molecule has 1 aromatic rings. The fourth-order valence-corrected chi connectivity index (χ4v) is 1.73. The van der Waals surface area contributed by atoms with E-state index in [1.165, 1.54) is 12.1 Å². The van der Waals surface area contributed by atoms with Crippen molar-refractivity contribution in [2.75, 3.05) is 13.1 Å². The number of guanidine groups is 2. The quantitative estimate of drug-likeness (QED) is 0.486. The van der Waals surface area contributed by atoms with Gasteiger partial charge in [0.05, 0.1) is 5.69 Å². The summed E-state index contributed by atoms with van der Waals surface area (Å²) in [6, 6.07) is 4.93. The van der Waals surface area contributed by atoms with Gasteiger partial charge in [-0.3, -0.25) is 0 Å². The molecule has 0 spiro atoms. The maximum Gasteiger partial charge on any atom is 0.573 e.